The van der Waals surface area contributed by atoms with E-state index in [1.165, 1.54) is 30.2 Å². The zero-order valence-electron chi connectivity index (χ0n) is 19.0. The Hall–Kier alpha value is -2.65. The monoisotopic (exact) mass is 485 g/mol. The summed E-state index contributed by atoms with van der Waals surface area (Å²) in [5, 5.41) is 4.04. The van der Waals surface area contributed by atoms with Gasteiger partial charge in [0.05, 0.1) is 28.8 Å². The third-order valence-corrected chi connectivity index (χ3v) is 8.14. The second-order valence-electron chi connectivity index (χ2n) is 7.97. The van der Waals surface area contributed by atoms with Gasteiger partial charge in [-0.25, -0.2) is 9.78 Å². The quantitative estimate of drug-likeness (QED) is 0.237. The van der Waals surface area contributed by atoms with E-state index in [9.17, 15) is 14.4 Å². The molecule has 0 fully saturated rings. The average Bonchev–Trinajstić information content (AvgIpc) is 2.98. The lowest BCUT2D eigenvalue weighted by Crippen LogP contribution is -2.27. The normalized spacial score (nSPS) is 14.4. The first-order valence-corrected chi connectivity index (χ1v) is 12.8. The molecule has 1 atom stereocenters. The number of rotatable bonds is 6. The second-order valence-corrected chi connectivity index (χ2v) is 10.4. The van der Waals surface area contributed by atoms with Crippen molar-refractivity contribution >= 4 is 50.9 Å². The minimum atomic E-state index is -0.525. The number of para-hydroxylation sites is 1. The Labute approximate surface area is 200 Å². The van der Waals surface area contributed by atoms with Crippen LogP contribution in [0.5, 0.6) is 0 Å². The molecule has 0 saturated carbocycles. The van der Waals surface area contributed by atoms with E-state index in [1.807, 2.05) is 19.1 Å². The standard InChI is InChI=1S/C24H27N3O4S2/c1-4-27-22(29)15-10-8-9-12-17(15)25-24(27)32-14(2)20(28)26-21-19(23(30)31-3)16-11-6-5-7-13-18(16)33-21/h8-10,12,14H,4-7,11,13H2,1-3H3,(H,26,28). The minimum Gasteiger partial charge on any atom is -0.465 e. The number of fused-ring (bicyclic) bond motifs is 2. The zero-order valence-corrected chi connectivity index (χ0v) is 20.6. The Balaban J connectivity index is 1.60. The predicted octanol–water partition coefficient (Wildman–Crippen LogP) is 4.65. The molecule has 1 aliphatic rings. The fourth-order valence-corrected chi connectivity index (χ4v) is 6.34. The Morgan fingerprint density at radius 2 is 2.00 bits per heavy atom. The van der Waals surface area contributed by atoms with Crippen molar-refractivity contribution in [1.82, 2.24) is 9.55 Å². The van der Waals surface area contributed by atoms with Crippen molar-refractivity contribution in [2.75, 3.05) is 12.4 Å². The number of carbonyl (C=O) groups is 2. The number of aryl methyl sites for hydroxylation is 1. The summed E-state index contributed by atoms with van der Waals surface area (Å²) in [5.41, 5.74) is 1.99. The van der Waals surface area contributed by atoms with Crippen molar-refractivity contribution in [3.8, 4) is 0 Å². The molecule has 174 valence electrons. The van der Waals surface area contributed by atoms with Crippen LogP contribution < -0.4 is 10.9 Å². The Bertz CT molecular complexity index is 1260. The summed E-state index contributed by atoms with van der Waals surface area (Å²) in [6.07, 6.45) is 4.97. The molecule has 1 amide bonds. The highest BCUT2D eigenvalue weighted by atomic mass is 32.2. The molecule has 9 heteroatoms. The fraction of sp³-hybridized carbons (Fsp3) is 0.417. The summed E-state index contributed by atoms with van der Waals surface area (Å²) in [6, 6.07) is 7.21. The summed E-state index contributed by atoms with van der Waals surface area (Å²) in [4.78, 5) is 44.3. The average molecular weight is 486 g/mol. The van der Waals surface area contributed by atoms with Gasteiger partial charge in [0.15, 0.2) is 5.16 Å². The van der Waals surface area contributed by atoms with Gasteiger partial charge in [0.25, 0.3) is 5.56 Å². The third kappa shape index (κ3) is 4.70. The Morgan fingerprint density at radius 1 is 1.24 bits per heavy atom. The number of aromatic nitrogens is 2. The topological polar surface area (TPSA) is 90.3 Å². The summed E-state index contributed by atoms with van der Waals surface area (Å²) in [6.45, 7) is 4.11. The Kier molecular flexibility index (Phi) is 7.19. The molecule has 7 nitrogen and oxygen atoms in total. The maximum Gasteiger partial charge on any atom is 0.341 e. The number of carbonyl (C=O) groups excluding carboxylic acids is 2. The molecule has 0 saturated heterocycles. The maximum absolute atomic E-state index is 13.1. The molecule has 0 spiro atoms. The van der Waals surface area contributed by atoms with Crippen LogP contribution in [0.1, 0.15) is 53.9 Å². The number of nitrogens with one attached hydrogen (secondary N) is 1. The highest BCUT2D eigenvalue weighted by Crippen LogP contribution is 2.38. The van der Waals surface area contributed by atoms with Gasteiger partial charge in [-0.05, 0) is 57.2 Å². The number of amides is 1. The number of hydrogen-bond donors (Lipinski definition) is 1. The number of methoxy groups -OCH3 is 1. The van der Waals surface area contributed by atoms with Crippen molar-refractivity contribution < 1.29 is 14.3 Å². The number of anilines is 1. The highest BCUT2D eigenvalue weighted by Gasteiger charge is 2.28. The summed E-state index contributed by atoms with van der Waals surface area (Å²) < 4.78 is 6.61. The van der Waals surface area contributed by atoms with Gasteiger partial charge in [-0.15, -0.1) is 11.3 Å². The van der Waals surface area contributed by atoms with Crippen molar-refractivity contribution in [2.45, 2.75) is 62.9 Å². The van der Waals surface area contributed by atoms with Crippen LogP contribution in [0.15, 0.2) is 34.2 Å². The molecule has 0 aliphatic heterocycles. The number of nitrogens with zero attached hydrogens (tertiary/aromatic N) is 2. The number of hydrogen-bond acceptors (Lipinski definition) is 7. The SMILES string of the molecule is CCn1c(SC(C)C(=O)Nc2sc3c(c2C(=O)OC)CCCCC3)nc2ccccc2c1=O. The van der Waals surface area contributed by atoms with E-state index < -0.39 is 11.2 Å². The lowest BCUT2D eigenvalue weighted by molar-refractivity contribution is -0.115. The summed E-state index contributed by atoms with van der Waals surface area (Å²) in [7, 11) is 1.36. The number of esters is 1. The molecule has 3 aromatic rings. The van der Waals surface area contributed by atoms with Gasteiger partial charge < -0.3 is 10.1 Å². The van der Waals surface area contributed by atoms with Crippen LogP contribution in [0.4, 0.5) is 5.00 Å². The van der Waals surface area contributed by atoms with Crippen LogP contribution >= 0.6 is 23.1 Å². The molecule has 33 heavy (non-hydrogen) atoms. The van der Waals surface area contributed by atoms with E-state index in [0.29, 0.717) is 33.2 Å². The molecule has 1 aromatic carbocycles. The van der Waals surface area contributed by atoms with E-state index in [0.717, 1.165) is 42.5 Å². The van der Waals surface area contributed by atoms with Crippen LogP contribution in [-0.4, -0.2) is 33.8 Å². The molecular formula is C24H27N3O4S2. The lowest BCUT2D eigenvalue weighted by atomic mass is 10.1. The van der Waals surface area contributed by atoms with Crippen molar-refractivity contribution in [1.29, 1.82) is 0 Å². The number of benzene rings is 1. The molecule has 0 bridgehead atoms. The maximum atomic E-state index is 13.1. The van der Waals surface area contributed by atoms with Crippen LogP contribution in [-0.2, 0) is 28.9 Å². The molecular weight excluding hydrogens is 458 g/mol. The minimum absolute atomic E-state index is 0.117. The van der Waals surface area contributed by atoms with Gasteiger partial charge in [0.1, 0.15) is 5.00 Å². The second kappa shape index (κ2) is 10.1. The molecule has 2 aromatic heterocycles. The molecule has 1 aliphatic carbocycles. The number of thioether (sulfide) groups is 1. The molecule has 1 N–H and O–H groups in total. The van der Waals surface area contributed by atoms with Crippen LogP contribution in [0.3, 0.4) is 0 Å². The van der Waals surface area contributed by atoms with E-state index in [1.54, 1.807) is 23.6 Å². The van der Waals surface area contributed by atoms with Gasteiger partial charge in [-0.2, -0.15) is 0 Å². The van der Waals surface area contributed by atoms with Gasteiger partial charge in [0.2, 0.25) is 5.91 Å². The first kappa shape index (κ1) is 23.5. The highest BCUT2D eigenvalue weighted by molar-refractivity contribution is 8.00. The fourth-order valence-electron chi connectivity index (χ4n) is 4.09. The van der Waals surface area contributed by atoms with Crippen molar-refractivity contribution in [3.05, 3.63) is 50.6 Å². The van der Waals surface area contributed by atoms with Crippen LogP contribution in [0, 0.1) is 0 Å². The molecule has 4 rings (SSSR count). The largest absolute Gasteiger partial charge is 0.465 e. The Morgan fingerprint density at radius 3 is 2.76 bits per heavy atom. The van der Waals surface area contributed by atoms with Gasteiger partial charge in [-0.3, -0.25) is 14.2 Å². The summed E-state index contributed by atoms with van der Waals surface area (Å²) in [5.74, 6) is -0.660. The first-order valence-electron chi connectivity index (χ1n) is 11.1. The predicted molar refractivity (Wildman–Crippen MR) is 133 cm³/mol. The third-order valence-electron chi connectivity index (χ3n) is 5.84. The number of ether oxygens (including phenoxy) is 1. The van der Waals surface area contributed by atoms with Gasteiger partial charge >= 0.3 is 5.97 Å². The molecule has 1 unspecified atom stereocenters. The zero-order chi connectivity index (χ0) is 23.5. The van der Waals surface area contributed by atoms with Crippen LogP contribution in [0.2, 0.25) is 0 Å². The van der Waals surface area contributed by atoms with E-state index in [-0.39, 0.29) is 11.5 Å². The van der Waals surface area contributed by atoms with E-state index in [2.05, 4.69) is 10.3 Å². The summed E-state index contributed by atoms with van der Waals surface area (Å²) >= 11 is 2.71. The smallest absolute Gasteiger partial charge is 0.341 e. The van der Waals surface area contributed by atoms with Crippen LogP contribution in [0.25, 0.3) is 10.9 Å². The first-order chi connectivity index (χ1) is 15.9. The van der Waals surface area contributed by atoms with E-state index in [4.69, 9.17) is 4.74 Å². The van der Waals surface area contributed by atoms with Crippen molar-refractivity contribution in [3.63, 3.8) is 0 Å². The molecule has 0 radical (unpaired) electrons. The molecule has 2 heterocycles. The van der Waals surface area contributed by atoms with Crippen molar-refractivity contribution in [2.24, 2.45) is 0 Å². The van der Waals surface area contributed by atoms with E-state index >= 15 is 0 Å². The van der Waals surface area contributed by atoms with Gasteiger partial charge in [0, 0.05) is 11.4 Å². The lowest BCUT2D eigenvalue weighted by Gasteiger charge is -2.15. The number of thiophene rings is 1. The van der Waals surface area contributed by atoms with Gasteiger partial charge in [-0.1, -0.05) is 30.3 Å².